The summed E-state index contributed by atoms with van der Waals surface area (Å²) in [6.45, 7) is 2.88. The number of amides is 1. The minimum absolute atomic E-state index is 0.179. The number of nitriles is 1. The lowest BCUT2D eigenvalue weighted by atomic mass is 10.3. The first-order valence-electron chi connectivity index (χ1n) is 5.51. The van der Waals surface area contributed by atoms with E-state index < -0.39 is 24.3 Å². The summed E-state index contributed by atoms with van der Waals surface area (Å²) in [7, 11) is 0. The number of ether oxygens (including phenoxy) is 2. The van der Waals surface area contributed by atoms with E-state index in [1.54, 1.807) is 19.9 Å². The molecule has 0 aromatic carbocycles. The Labute approximate surface area is 105 Å². The predicted molar refractivity (Wildman–Crippen MR) is 60.1 cm³/mol. The Balaban J connectivity index is 4.52. The van der Waals surface area contributed by atoms with Gasteiger partial charge in [0.1, 0.15) is 19.5 Å². The van der Waals surface area contributed by atoms with Gasteiger partial charge < -0.3 is 14.4 Å². The SMILES string of the molecule is CCOC(=O)CN(CC(=O)OCC)C(=O)CC#N. The molecule has 0 radical (unpaired) electrons. The molecule has 100 valence electrons. The highest BCUT2D eigenvalue weighted by molar-refractivity contribution is 5.86. The first-order valence-corrected chi connectivity index (χ1v) is 5.51. The molecule has 0 saturated carbocycles. The van der Waals surface area contributed by atoms with Crippen molar-refractivity contribution >= 4 is 17.8 Å². The number of hydrogen-bond acceptors (Lipinski definition) is 6. The van der Waals surface area contributed by atoms with Crippen LogP contribution < -0.4 is 0 Å². The Bertz CT molecular complexity index is 328. The van der Waals surface area contributed by atoms with Crippen molar-refractivity contribution in [3.8, 4) is 6.07 Å². The molecular formula is C11H16N2O5. The van der Waals surface area contributed by atoms with E-state index in [-0.39, 0.29) is 26.3 Å². The van der Waals surface area contributed by atoms with Gasteiger partial charge in [0.2, 0.25) is 5.91 Å². The Morgan fingerprint density at radius 1 is 1.06 bits per heavy atom. The van der Waals surface area contributed by atoms with E-state index in [1.807, 2.05) is 0 Å². The van der Waals surface area contributed by atoms with Crippen LogP contribution in [-0.4, -0.2) is 49.0 Å². The fourth-order valence-electron chi connectivity index (χ4n) is 1.14. The molecule has 0 saturated heterocycles. The Kier molecular flexibility index (Phi) is 7.94. The Morgan fingerprint density at radius 3 is 1.83 bits per heavy atom. The first kappa shape index (κ1) is 15.9. The van der Waals surface area contributed by atoms with Crippen LogP contribution in [0.3, 0.4) is 0 Å². The van der Waals surface area contributed by atoms with Crippen molar-refractivity contribution in [2.45, 2.75) is 20.3 Å². The van der Waals surface area contributed by atoms with Crippen molar-refractivity contribution in [3.63, 3.8) is 0 Å². The van der Waals surface area contributed by atoms with E-state index >= 15 is 0 Å². The molecule has 0 rings (SSSR count). The molecule has 0 aliphatic rings. The maximum atomic E-state index is 11.5. The van der Waals surface area contributed by atoms with Crippen molar-refractivity contribution in [3.05, 3.63) is 0 Å². The van der Waals surface area contributed by atoms with Gasteiger partial charge in [0.05, 0.1) is 19.3 Å². The molecule has 7 nitrogen and oxygen atoms in total. The maximum Gasteiger partial charge on any atom is 0.325 e. The zero-order chi connectivity index (χ0) is 14.0. The van der Waals surface area contributed by atoms with Gasteiger partial charge in [-0.25, -0.2) is 0 Å². The lowest BCUT2D eigenvalue weighted by Crippen LogP contribution is -2.40. The topological polar surface area (TPSA) is 96.7 Å². The standard InChI is InChI=1S/C11H16N2O5/c1-3-17-10(15)7-13(9(14)5-6-12)8-11(16)18-4-2/h3-5,7-8H2,1-2H3. The van der Waals surface area contributed by atoms with Crippen molar-refractivity contribution in [2.75, 3.05) is 26.3 Å². The van der Waals surface area contributed by atoms with Crippen molar-refractivity contribution in [1.29, 1.82) is 5.26 Å². The van der Waals surface area contributed by atoms with Gasteiger partial charge >= 0.3 is 11.9 Å². The zero-order valence-corrected chi connectivity index (χ0v) is 10.5. The number of carbonyl (C=O) groups is 3. The van der Waals surface area contributed by atoms with E-state index in [9.17, 15) is 14.4 Å². The number of hydrogen-bond donors (Lipinski definition) is 0. The predicted octanol–water partition coefficient (Wildman–Crippen LogP) is -0.145. The summed E-state index contributed by atoms with van der Waals surface area (Å²) in [6.07, 6.45) is -0.404. The van der Waals surface area contributed by atoms with Gasteiger partial charge in [-0.3, -0.25) is 14.4 Å². The highest BCUT2D eigenvalue weighted by atomic mass is 16.5. The fraction of sp³-hybridized carbons (Fsp3) is 0.636. The lowest BCUT2D eigenvalue weighted by Gasteiger charge is -2.19. The Morgan fingerprint density at radius 2 is 1.50 bits per heavy atom. The minimum atomic E-state index is -0.631. The summed E-state index contributed by atoms with van der Waals surface area (Å²) < 4.78 is 9.35. The third-order valence-corrected chi connectivity index (χ3v) is 1.83. The van der Waals surface area contributed by atoms with Crippen molar-refractivity contribution in [2.24, 2.45) is 0 Å². The molecule has 7 heteroatoms. The largest absolute Gasteiger partial charge is 0.465 e. The van der Waals surface area contributed by atoms with Crippen LogP contribution in [0.2, 0.25) is 0 Å². The molecule has 0 atom stereocenters. The Hall–Kier alpha value is -2.10. The highest BCUT2D eigenvalue weighted by Gasteiger charge is 2.21. The van der Waals surface area contributed by atoms with Crippen molar-refractivity contribution in [1.82, 2.24) is 4.90 Å². The number of nitrogens with zero attached hydrogens (tertiary/aromatic N) is 2. The first-order chi connectivity index (χ1) is 8.54. The van der Waals surface area contributed by atoms with Crippen LogP contribution >= 0.6 is 0 Å². The molecule has 0 aromatic heterocycles. The molecule has 1 amide bonds. The van der Waals surface area contributed by atoms with E-state index in [4.69, 9.17) is 5.26 Å². The highest BCUT2D eigenvalue weighted by Crippen LogP contribution is 1.97. The molecule has 0 aliphatic carbocycles. The average Bonchev–Trinajstić information content (AvgIpc) is 2.29. The average molecular weight is 256 g/mol. The molecule has 0 N–H and O–H groups in total. The third-order valence-electron chi connectivity index (χ3n) is 1.83. The van der Waals surface area contributed by atoms with Gasteiger partial charge in [0.15, 0.2) is 0 Å². The third kappa shape index (κ3) is 6.48. The van der Waals surface area contributed by atoms with E-state index in [2.05, 4.69) is 9.47 Å². The van der Waals surface area contributed by atoms with Gasteiger partial charge in [0.25, 0.3) is 0 Å². The molecule has 0 spiro atoms. The van der Waals surface area contributed by atoms with Crippen LogP contribution in [0, 0.1) is 11.3 Å². The minimum Gasteiger partial charge on any atom is -0.465 e. The molecular weight excluding hydrogens is 240 g/mol. The van der Waals surface area contributed by atoms with Crippen LogP contribution in [0.1, 0.15) is 20.3 Å². The lowest BCUT2D eigenvalue weighted by molar-refractivity contribution is -0.153. The van der Waals surface area contributed by atoms with Gasteiger partial charge in [-0.2, -0.15) is 5.26 Å². The smallest absolute Gasteiger partial charge is 0.325 e. The summed E-state index contributed by atoms with van der Waals surface area (Å²) in [6, 6.07) is 1.66. The van der Waals surface area contributed by atoms with Crippen LogP contribution in [-0.2, 0) is 23.9 Å². The summed E-state index contributed by atoms with van der Waals surface area (Å²) >= 11 is 0. The zero-order valence-electron chi connectivity index (χ0n) is 10.5. The summed E-state index contributed by atoms with van der Waals surface area (Å²) in [5.41, 5.74) is 0. The fourth-order valence-corrected chi connectivity index (χ4v) is 1.14. The van der Waals surface area contributed by atoms with E-state index in [0.29, 0.717) is 0 Å². The normalized spacial score (nSPS) is 9.17. The number of esters is 2. The second-order valence-electron chi connectivity index (χ2n) is 3.19. The number of carbonyl (C=O) groups excluding carboxylic acids is 3. The second-order valence-corrected chi connectivity index (χ2v) is 3.19. The molecule has 0 aromatic rings. The molecule has 18 heavy (non-hydrogen) atoms. The monoisotopic (exact) mass is 256 g/mol. The van der Waals surface area contributed by atoms with Crippen LogP contribution in [0.15, 0.2) is 0 Å². The molecule has 0 aliphatic heterocycles. The molecule has 0 bridgehead atoms. The maximum absolute atomic E-state index is 11.5. The van der Waals surface area contributed by atoms with Crippen molar-refractivity contribution < 1.29 is 23.9 Å². The van der Waals surface area contributed by atoms with E-state index in [0.717, 1.165) is 4.90 Å². The van der Waals surface area contributed by atoms with E-state index in [1.165, 1.54) is 0 Å². The van der Waals surface area contributed by atoms with Gasteiger partial charge in [0, 0.05) is 0 Å². The van der Waals surface area contributed by atoms with Crippen LogP contribution in [0.4, 0.5) is 0 Å². The van der Waals surface area contributed by atoms with Crippen LogP contribution in [0.5, 0.6) is 0 Å². The van der Waals surface area contributed by atoms with Gasteiger partial charge in [-0.05, 0) is 13.8 Å². The summed E-state index contributed by atoms with van der Waals surface area (Å²) in [5, 5.41) is 8.43. The molecule has 0 heterocycles. The quantitative estimate of drug-likeness (QED) is 0.588. The van der Waals surface area contributed by atoms with Crippen LogP contribution in [0.25, 0.3) is 0 Å². The summed E-state index contributed by atoms with van der Waals surface area (Å²) in [5.74, 6) is -1.88. The van der Waals surface area contributed by atoms with Gasteiger partial charge in [-0.1, -0.05) is 0 Å². The van der Waals surface area contributed by atoms with Gasteiger partial charge in [-0.15, -0.1) is 0 Å². The molecule has 0 unspecified atom stereocenters. The second kappa shape index (κ2) is 8.98. The number of rotatable bonds is 7. The summed E-state index contributed by atoms with van der Waals surface area (Å²) in [4.78, 5) is 35.0. The molecule has 0 fully saturated rings.